The van der Waals surface area contributed by atoms with Crippen LogP contribution in [0.5, 0.6) is 11.5 Å². The van der Waals surface area contributed by atoms with Crippen LogP contribution in [0.2, 0.25) is 5.02 Å². The molecule has 140 valence electrons. The maximum Gasteiger partial charge on any atom is 0.278 e. The molecule has 6 nitrogen and oxygen atoms in total. The standard InChI is InChI=1S/C19H16ClFN2O4/c1-11-15(10-26-14-6-4-13(25-2)5-7-14)18(23-27-11)19(24)22-12-3-8-17(21)16(20)9-12/h3-9H,10H2,1-2H3,(H,22,24). The predicted octanol–water partition coefficient (Wildman–Crippen LogP) is 4.62. The molecular formula is C19H16ClFN2O4. The first-order valence-electron chi connectivity index (χ1n) is 7.96. The molecule has 3 rings (SSSR count). The van der Waals surface area contributed by atoms with E-state index in [1.807, 2.05) is 0 Å². The predicted molar refractivity (Wildman–Crippen MR) is 97.9 cm³/mol. The highest BCUT2D eigenvalue weighted by molar-refractivity contribution is 6.31. The van der Waals surface area contributed by atoms with Gasteiger partial charge in [-0.2, -0.15) is 0 Å². The second kappa shape index (κ2) is 8.09. The quantitative estimate of drug-likeness (QED) is 0.665. The molecule has 0 aliphatic heterocycles. The number of benzene rings is 2. The van der Waals surface area contributed by atoms with E-state index in [0.717, 1.165) is 0 Å². The first-order chi connectivity index (χ1) is 13.0. The zero-order valence-corrected chi connectivity index (χ0v) is 15.3. The lowest BCUT2D eigenvalue weighted by Crippen LogP contribution is -2.15. The molecule has 0 saturated carbocycles. The van der Waals surface area contributed by atoms with Crippen LogP contribution in [0.3, 0.4) is 0 Å². The molecule has 1 aromatic heterocycles. The Hall–Kier alpha value is -3.06. The number of nitrogens with zero attached hydrogens (tertiary/aromatic N) is 1. The van der Waals surface area contributed by atoms with Crippen molar-refractivity contribution < 1.29 is 23.2 Å². The molecule has 2 aromatic carbocycles. The highest BCUT2D eigenvalue weighted by Gasteiger charge is 2.21. The van der Waals surface area contributed by atoms with Gasteiger partial charge in [0.05, 0.1) is 17.7 Å². The number of carbonyl (C=O) groups excluding carboxylic acids is 1. The number of nitrogens with one attached hydrogen (secondary N) is 1. The van der Waals surface area contributed by atoms with Gasteiger partial charge < -0.3 is 19.3 Å². The first-order valence-corrected chi connectivity index (χ1v) is 8.34. The van der Waals surface area contributed by atoms with E-state index < -0.39 is 11.7 Å². The Bertz CT molecular complexity index is 957. The van der Waals surface area contributed by atoms with Gasteiger partial charge in [-0.25, -0.2) is 4.39 Å². The monoisotopic (exact) mass is 390 g/mol. The number of carbonyl (C=O) groups is 1. The second-order valence-electron chi connectivity index (χ2n) is 5.61. The number of methoxy groups -OCH3 is 1. The molecule has 0 spiro atoms. The van der Waals surface area contributed by atoms with Gasteiger partial charge in [0.2, 0.25) is 0 Å². The van der Waals surface area contributed by atoms with Crippen LogP contribution in [0.15, 0.2) is 47.0 Å². The molecule has 0 atom stereocenters. The zero-order valence-electron chi connectivity index (χ0n) is 14.6. The highest BCUT2D eigenvalue weighted by Crippen LogP contribution is 2.23. The lowest BCUT2D eigenvalue weighted by Gasteiger charge is -2.08. The number of hydrogen-bond donors (Lipinski definition) is 1. The van der Waals surface area contributed by atoms with Crippen LogP contribution >= 0.6 is 11.6 Å². The Balaban J connectivity index is 1.72. The van der Waals surface area contributed by atoms with E-state index in [0.29, 0.717) is 28.5 Å². The third-order valence-electron chi connectivity index (χ3n) is 3.82. The van der Waals surface area contributed by atoms with Crippen molar-refractivity contribution in [3.63, 3.8) is 0 Å². The second-order valence-corrected chi connectivity index (χ2v) is 6.02. The van der Waals surface area contributed by atoms with Crippen LogP contribution in [0.25, 0.3) is 0 Å². The summed E-state index contributed by atoms with van der Waals surface area (Å²) in [5.41, 5.74) is 0.937. The molecule has 0 aliphatic rings. The molecule has 0 bridgehead atoms. The topological polar surface area (TPSA) is 73.6 Å². The molecular weight excluding hydrogens is 375 g/mol. The van der Waals surface area contributed by atoms with Crippen molar-refractivity contribution in [1.29, 1.82) is 0 Å². The Labute approximate surface area is 159 Å². The summed E-state index contributed by atoms with van der Waals surface area (Å²) in [5.74, 6) is 0.698. The Kier molecular flexibility index (Phi) is 5.61. The average molecular weight is 391 g/mol. The van der Waals surface area contributed by atoms with Crippen molar-refractivity contribution in [2.75, 3.05) is 12.4 Å². The third-order valence-corrected chi connectivity index (χ3v) is 4.11. The summed E-state index contributed by atoms with van der Waals surface area (Å²) >= 11 is 5.73. The van der Waals surface area contributed by atoms with Gasteiger partial charge in [-0.15, -0.1) is 0 Å². The van der Waals surface area contributed by atoms with E-state index >= 15 is 0 Å². The molecule has 8 heteroatoms. The minimum atomic E-state index is -0.569. The van der Waals surface area contributed by atoms with Crippen LogP contribution in [0.4, 0.5) is 10.1 Å². The van der Waals surface area contributed by atoms with Gasteiger partial charge in [0.25, 0.3) is 5.91 Å². The van der Waals surface area contributed by atoms with E-state index in [-0.39, 0.29) is 17.3 Å². The van der Waals surface area contributed by atoms with Crippen LogP contribution < -0.4 is 14.8 Å². The van der Waals surface area contributed by atoms with Crippen molar-refractivity contribution >= 4 is 23.2 Å². The number of anilines is 1. The van der Waals surface area contributed by atoms with E-state index in [9.17, 15) is 9.18 Å². The van der Waals surface area contributed by atoms with Gasteiger partial charge >= 0.3 is 0 Å². The molecule has 3 aromatic rings. The maximum absolute atomic E-state index is 13.2. The minimum absolute atomic E-state index is 0.0847. The molecule has 27 heavy (non-hydrogen) atoms. The lowest BCUT2D eigenvalue weighted by molar-refractivity contribution is 0.101. The van der Waals surface area contributed by atoms with Gasteiger partial charge in [0.15, 0.2) is 5.69 Å². The molecule has 0 fully saturated rings. The van der Waals surface area contributed by atoms with Crippen molar-refractivity contribution in [2.45, 2.75) is 13.5 Å². The van der Waals surface area contributed by atoms with E-state index in [1.54, 1.807) is 38.3 Å². The molecule has 0 unspecified atom stereocenters. The van der Waals surface area contributed by atoms with Gasteiger partial charge in [-0.1, -0.05) is 16.8 Å². The normalized spacial score (nSPS) is 10.5. The fourth-order valence-electron chi connectivity index (χ4n) is 2.33. The van der Waals surface area contributed by atoms with Gasteiger partial charge in [0, 0.05) is 5.69 Å². The zero-order chi connectivity index (χ0) is 19.4. The van der Waals surface area contributed by atoms with E-state index in [2.05, 4.69) is 10.5 Å². The molecule has 1 amide bonds. The Morgan fingerprint density at radius 2 is 1.93 bits per heavy atom. The smallest absolute Gasteiger partial charge is 0.278 e. The van der Waals surface area contributed by atoms with Crippen molar-refractivity contribution in [3.05, 3.63) is 70.3 Å². The number of ether oxygens (including phenoxy) is 2. The fraction of sp³-hybridized carbons (Fsp3) is 0.158. The molecule has 0 radical (unpaired) electrons. The Morgan fingerprint density at radius 3 is 2.59 bits per heavy atom. The number of amides is 1. The number of hydrogen-bond acceptors (Lipinski definition) is 5. The summed E-state index contributed by atoms with van der Waals surface area (Å²) in [6.45, 7) is 1.78. The van der Waals surface area contributed by atoms with Crippen LogP contribution in [-0.2, 0) is 6.61 Å². The minimum Gasteiger partial charge on any atom is -0.497 e. The maximum atomic E-state index is 13.2. The molecule has 0 aliphatic carbocycles. The summed E-state index contributed by atoms with van der Waals surface area (Å²) in [6.07, 6.45) is 0. The summed E-state index contributed by atoms with van der Waals surface area (Å²) in [4.78, 5) is 12.5. The van der Waals surface area contributed by atoms with Crippen molar-refractivity contribution in [3.8, 4) is 11.5 Å². The molecule has 0 saturated heterocycles. The SMILES string of the molecule is COc1ccc(OCc2c(C(=O)Nc3ccc(F)c(Cl)c3)noc2C)cc1. The van der Waals surface area contributed by atoms with Crippen molar-refractivity contribution in [1.82, 2.24) is 5.16 Å². The van der Waals surface area contributed by atoms with Crippen LogP contribution in [0, 0.1) is 12.7 Å². The average Bonchev–Trinajstić information content (AvgIpc) is 3.04. The summed E-state index contributed by atoms with van der Waals surface area (Å²) < 4.78 is 29.2. The fourth-order valence-corrected chi connectivity index (χ4v) is 2.51. The van der Waals surface area contributed by atoms with Crippen molar-refractivity contribution in [2.24, 2.45) is 0 Å². The molecule has 1 heterocycles. The lowest BCUT2D eigenvalue weighted by atomic mass is 10.2. The van der Waals surface area contributed by atoms with Gasteiger partial charge in [-0.3, -0.25) is 4.79 Å². The van der Waals surface area contributed by atoms with Gasteiger partial charge in [-0.05, 0) is 49.4 Å². The van der Waals surface area contributed by atoms with E-state index in [1.165, 1.54) is 18.2 Å². The summed E-state index contributed by atoms with van der Waals surface area (Å²) in [6, 6.07) is 10.9. The molecule has 1 N–H and O–H groups in total. The van der Waals surface area contributed by atoms with Crippen LogP contribution in [0.1, 0.15) is 21.8 Å². The summed E-state index contributed by atoms with van der Waals surface area (Å²) in [7, 11) is 1.58. The largest absolute Gasteiger partial charge is 0.497 e. The number of halogens is 2. The number of aromatic nitrogens is 1. The number of aryl methyl sites for hydroxylation is 1. The first kappa shape index (κ1) is 18.7. The summed E-state index contributed by atoms with van der Waals surface area (Å²) in [5, 5.41) is 6.32. The van der Waals surface area contributed by atoms with Gasteiger partial charge in [0.1, 0.15) is 29.7 Å². The number of rotatable bonds is 6. The Morgan fingerprint density at radius 1 is 1.22 bits per heavy atom. The third kappa shape index (κ3) is 4.38. The van der Waals surface area contributed by atoms with E-state index in [4.69, 9.17) is 25.6 Å². The highest BCUT2D eigenvalue weighted by atomic mass is 35.5. The van der Waals surface area contributed by atoms with Crippen LogP contribution in [-0.4, -0.2) is 18.2 Å².